The number of aromatic nitrogens is 2. The molecule has 0 aliphatic heterocycles. The smallest absolute Gasteiger partial charge is 0.250 e. The fraction of sp³-hybridized carbons (Fsp3) is 0.125. The van der Waals surface area contributed by atoms with Gasteiger partial charge in [-0.1, -0.05) is 58.7 Å². The molecule has 0 aliphatic carbocycles. The van der Waals surface area contributed by atoms with Crippen molar-refractivity contribution >= 4 is 69.7 Å². The standard InChI is InChI=1S/C24H19Cl3N4O3S/c1-33-21-10-14(6-9-20(21)34-12-15-16(25)7-8-17(26)23(15)27)11-28-31-22(32)13-35-24-29-18-4-2-3-5-19(18)30-24/h2-11H,12-13H2,1H3,(H,29,30)(H,31,32)/b28-11-. The third-order valence-electron chi connectivity index (χ3n) is 4.81. The number of carbonyl (C=O) groups is 1. The number of amides is 1. The average Bonchev–Trinajstić information content (AvgIpc) is 3.29. The highest BCUT2D eigenvalue weighted by Crippen LogP contribution is 2.34. The van der Waals surface area contributed by atoms with Crippen LogP contribution >= 0.6 is 46.6 Å². The van der Waals surface area contributed by atoms with Crippen molar-refractivity contribution in [2.24, 2.45) is 5.10 Å². The summed E-state index contributed by atoms with van der Waals surface area (Å²) in [5, 5.41) is 5.88. The van der Waals surface area contributed by atoms with Crippen LogP contribution in [0.5, 0.6) is 11.5 Å². The number of hydrogen-bond acceptors (Lipinski definition) is 6. The van der Waals surface area contributed by atoms with Crippen LogP contribution < -0.4 is 14.9 Å². The van der Waals surface area contributed by atoms with Crippen molar-refractivity contribution in [1.29, 1.82) is 0 Å². The van der Waals surface area contributed by atoms with Crippen molar-refractivity contribution in [3.05, 3.63) is 80.8 Å². The number of aromatic amines is 1. The van der Waals surface area contributed by atoms with Crippen LogP contribution in [0.1, 0.15) is 11.1 Å². The summed E-state index contributed by atoms with van der Waals surface area (Å²) in [5.41, 5.74) is 5.57. The molecule has 4 aromatic rings. The Kier molecular flexibility index (Phi) is 8.41. The van der Waals surface area contributed by atoms with Crippen LogP contribution in [0.2, 0.25) is 15.1 Å². The van der Waals surface area contributed by atoms with E-state index < -0.39 is 0 Å². The summed E-state index contributed by atoms with van der Waals surface area (Å²) in [6.45, 7) is 0.112. The molecule has 0 radical (unpaired) electrons. The molecule has 1 aromatic heterocycles. The summed E-state index contributed by atoms with van der Waals surface area (Å²) in [6.07, 6.45) is 1.51. The first-order valence-electron chi connectivity index (χ1n) is 10.3. The molecule has 0 unspecified atom stereocenters. The van der Waals surface area contributed by atoms with E-state index in [0.717, 1.165) is 11.0 Å². The lowest BCUT2D eigenvalue weighted by atomic mass is 10.2. The van der Waals surface area contributed by atoms with Gasteiger partial charge in [0, 0.05) is 10.6 Å². The number of methoxy groups -OCH3 is 1. The number of hydrogen-bond donors (Lipinski definition) is 2. The highest BCUT2D eigenvalue weighted by atomic mass is 35.5. The number of benzene rings is 3. The Hall–Kier alpha value is -2.91. The maximum absolute atomic E-state index is 12.1. The first kappa shape index (κ1) is 25.2. The van der Waals surface area contributed by atoms with Crippen LogP contribution in [0.25, 0.3) is 11.0 Å². The number of fused-ring (bicyclic) bond motifs is 1. The number of halogens is 3. The zero-order chi connectivity index (χ0) is 24.8. The number of carbonyl (C=O) groups excluding carboxylic acids is 1. The molecule has 0 saturated carbocycles. The topological polar surface area (TPSA) is 88.6 Å². The fourth-order valence-electron chi connectivity index (χ4n) is 3.08. The Morgan fingerprint density at radius 1 is 1.11 bits per heavy atom. The van der Waals surface area contributed by atoms with Gasteiger partial charge in [-0.25, -0.2) is 10.4 Å². The number of hydrazone groups is 1. The van der Waals surface area contributed by atoms with E-state index in [2.05, 4.69) is 20.5 Å². The number of nitrogens with zero attached hydrogens (tertiary/aromatic N) is 2. The van der Waals surface area contributed by atoms with Gasteiger partial charge in [0.15, 0.2) is 16.7 Å². The van der Waals surface area contributed by atoms with Gasteiger partial charge in [0.2, 0.25) is 0 Å². The van der Waals surface area contributed by atoms with E-state index in [0.29, 0.717) is 42.9 Å². The lowest BCUT2D eigenvalue weighted by molar-refractivity contribution is -0.118. The quantitative estimate of drug-likeness (QED) is 0.110. The molecule has 1 heterocycles. The Morgan fingerprint density at radius 3 is 2.71 bits per heavy atom. The maximum Gasteiger partial charge on any atom is 0.250 e. The summed E-state index contributed by atoms with van der Waals surface area (Å²) < 4.78 is 11.3. The molecular formula is C24H19Cl3N4O3S. The molecule has 0 spiro atoms. The molecule has 4 rings (SSSR count). The van der Waals surface area contributed by atoms with Gasteiger partial charge in [0.25, 0.3) is 5.91 Å². The first-order valence-corrected chi connectivity index (χ1v) is 12.4. The molecule has 180 valence electrons. The minimum atomic E-state index is -0.256. The molecule has 35 heavy (non-hydrogen) atoms. The van der Waals surface area contributed by atoms with E-state index >= 15 is 0 Å². The van der Waals surface area contributed by atoms with Crippen molar-refractivity contribution in [1.82, 2.24) is 15.4 Å². The van der Waals surface area contributed by atoms with Crippen molar-refractivity contribution in [3.8, 4) is 11.5 Å². The molecule has 3 aromatic carbocycles. The summed E-state index contributed by atoms with van der Waals surface area (Å²) in [6, 6.07) is 16.2. The van der Waals surface area contributed by atoms with Crippen LogP contribution in [0.15, 0.2) is 64.9 Å². The minimum absolute atomic E-state index is 0.112. The zero-order valence-corrected chi connectivity index (χ0v) is 21.4. The number of H-pyrrole nitrogens is 1. The van der Waals surface area contributed by atoms with Gasteiger partial charge in [0.1, 0.15) is 6.61 Å². The molecule has 0 saturated heterocycles. The van der Waals surface area contributed by atoms with Gasteiger partial charge in [-0.15, -0.1) is 0 Å². The molecule has 2 N–H and O–H groups in total. The molecule has 1 amide bonds. The van der Waals surface area contributed by atoms with Crippen molar-refractivity contribution in [3.63, 3.8) is 0 Å². The van der Waals surface area contributed by atoms with Crippen LogP contribution in [-0.4, -0.2) is 35.0 Å². The Labute approximate surface area is 220 Å². The number of para-hydroxylation sites is 2. The number of rotatable bonds is 9. The number of thioether (sulfide) groups is 1. The summed E-state index contributed by atoms with van der Waals surface area (Å²) in [4.78, 5) is 19.7. The SMILES string of the molecule is COc1cc(/C=N\NC(=O)CSc2nc3ccccc3[nH]2)ccc1OCc1c(Cl)ccc(Cl)c1Cl. The highest BCUT2D eigenvalue weighted by molar-refractivity contribution is 7.99. The average molecular weight is 550 g/mol. The Morgan fingerprint density at radius 2 is 1.91 bits per heavy atom. The molecule has 0 bridgehead atoms. The maximum atomic E-state index is 12.1. The Balaban J connectivity index is 1.32. The van der Waals surface area contributed by atoms with Crippen molar-refractivity contribution in [2.45, 2.75) is 11.8 Å². The Bertz CT molecular complexity index is 1360. The predicted octanol–water partition coefficient (Wildman–Crippen LogP) is 6.35. The minimum Gasteiger partial charge on any atom is -0.493 e. The molecule has 7 nitrogen and oxygen atoms in total. The zero-order valence-electron chi connectivity index (χ0n) is 18.3. The van der Waals surface area contributed by atoms with Gasteiger partial charge in [-0.3, -0.25) is 4.79 Å². The number of imidazole rings is 1. The second kappa shape index (κ2) is 11.7. The van der Waals surface area contributed by atoms with E-state index in [1.165, 1.54) is 25.1 Å². The van der Waals surface area contributed by atoms with Gasteiger partial charge in [-0.2, -0.15) is 5.10 Å². The van der Waals surface area contributed by atoms with Crippen LogP contribution in [-0.2, 0) is 11.4 Å². The number of ether oxygens (including phenoxy) is 2. The molecule has 11 heteroatoms. The molecule has 0 atom stereocenters. The molecule has 0 aliphatic rings. The monoisotopic (exact) mass is 548 g/mol. The van der Waals surface area contributed by atoms with Crippen molar-refractivity contribution < 1.29 is 14.3 Å². The second-order valence-corrected chi connectivity index (χ2v) is 9.32. The third kappa shape index (κ3) is 6.41. The van der Waals surface area contributed by atoms with E-state index in [1.54, 1.807) is 30.3 Å². The third-order valence-corrected chi connectivity index (χ3v) is 6.88. The lowest BCUT2D eigenvalue weighted by Crippen LogP contribution is -2.19. The van der Waals surface area contributed by atoms with E-state index in [4.69, 9.17) is 44.3 Å². The predicted molar refractivity (Wildman–Crippen MR) is 141 cm³/mol. The van der Waals surface area contributed by atoms with Crippen LogP contribution in [0.4, 0.5) is 0 Å². The van der Waals surface area contributed by atoms with Gasteiger partial charge in [-0.05, 0) is 48.0 Å². The van der Waals surface area contributed by atoms with Crippen LogP contribution in [0, 0.1) is 0 Å². The van der Waals surface area contributed by atoms with E-state index in [1.807, 2.05) is 24.3 Å². The van der Waals surface area contributed by atoms with Crippen LogP contribution in [0.3, 0.4) is 0 Å². The van der Waals surface area contributed by atoms with Crippen molar-refractivity contribution in [2.75, 3.05) is 12.9 Å². The summed E-state index contributed by atoms with van der Waals surface area (Å²) in [7, 11) is 1.53. The molecular weight excluding hydrogens is 531 g/mol. The summed E-state index contributed by atoms with van der Waals surface area (Å²) in [5.74, 6) is 0.883. The normalized spacial score (nSPS) is 11.2. The summed E-state index contributed by atoms with van der Waals surface area (Å²) >= 11 is 19.8. The first-order chi connectivity index (χ1) is 16.9. The highest BCUT2D eigenvalue weighted by Gasteiger charge is 2.13. The van der Waals surface area contributed by atoms with Gasteiger partial charge < -0.3 is 14.5 Å². The lowest BCUT2D eigenvalue weighted by Gasteiger charge is -2.13. The van der Waals surface area contributed by atoms with E-state index in [-0.39, 0.29) is 18.3 Å². The number of nitrogens with one attached hydrogen (secondary N) is 2. The van der Waals surface area contributed by atoms with Gasteiger partial charge >= 0.3 is 0 Å². The largest absolute Gasteiger partial charge is 0.493 e. The van der Waals surface area contributed by atoms with Gasteiger partial charge in [0.05, 0.1) is 40.2 Å². The van der Waals surface area contributed by atoms with E-state index in [9.17, 15) is 4.79 Å². The second-order valence-electron chi connectivity index (χ2n) is 7.16. The molecule has 0 fully saturated rings. The fourth-order valence-corrected chi connectivity index (χ4v) is 4.41.